The van der Waals surface area contributed by atoms with Gasteiger partial charge in [0, 0.05) is 18.7 Å². The Hall–Kier alpha value is -2.03. The molecule has 0 amide bonds. The molecule has 0 fully saturated rings. The van der Waals surface area contributed by atoms with Crippen molar-refractivity contribution in [1.29, 1.82) is 0 Å². The molecule has 2 heterocycles. The minimum absolute atomic E-state index is 0.0382. The number of sulfonamides is 1. The van der Waals surface area contributed by atoms with Gasteiger partial charge in [0.15, 0.2) is 0 Å². The molecule has 3 rings (SSSR count). The highest BCUT2D eigenvalue weighted by Gasteiger charge is 2.43. The lowest BCUT2D eigenvalue weighted by Gasteiger charge is -2.35. The van der Waals surface area contributed by atoms with Gasteiger partial charge in [-0.3, -0.25) is 4.79 Å². The van der Waals surface area contributed by atoms with Crippen LogP contribution >= 0.6 is 11.6 Å². The Bertz CT molecular complexity index is 1060. The van der Waals surface area contributed by atoms with Gasteiger partial charge in [-0.25, -0.2) is 17.8 Å². The maximum Gasteiger partial charge on any atom is 0.322 e. The molecule has 1 aliphatic heterocycles. The van der Waals surface area contributed by atoms with Crippen molar-refractivity contribution in [2.24, 2.45) is 0 Å². The van der Waals surface area contributed by atoms with Crippen LogP contribution in [0.3, 0.4) is 0 Å². The highest BCUT2D eigenvalue weighted by Crippen LogP contribution is 2.35. The lowest BCUT2D eigenvalue weighted by molar-refractivity contribution is -0.142. The maximum atomic E-state index is 14.6. The SMILES string of the molecule is Cc1ccc(F)c(C(C)C(C(=O)O)N2CCc3cc(Cl)ncc3S2(=O)=O)c1C. The molecular weight excluding hydrogens is 407 g/mol. The summed E-state index contributed by atoms with van der Waals surface area (Å²) in [5, 5.41) is 10.0. The molecule has 1 N–H and O–H groups in total. The monoisotopic (exact) mass is 426 g/mol. The predicted octanol–water partition coefficient (Wildman–Crippen LogP) is 3.29. The highest BCUT2D eigenvalue weighted by molar-refractivity contribution is 7.89. The predicted molar refractivity (Wildman–Crippen MR) is 103 cm³/mol. The Kier molecular flexibility index (Phi) is 5.49. The van der Waals surface area contributed by atoms with E-state index in [-0.39, 0.29) is 22.2 Å². The van der Waals surface area contributed by atoms with Gasteiger partial charge in [-0.15, -0.1) is 0 Å². The average molecular weight is 427 g/mol. The van der Waals surface area contributed by atoms with E-state index in [0.717, 1.165) is 16.1 Å². The van der Waals surface area contributed by atoms with Gasteiger partial charge >= 0.3 is 5.97 Å². The largest absolute Gasteiger partial charge is 0.480 e. The van der Waals surface area contributed by atoms with Gasteiger partial charge in [0.1, 0.15) is 21.9 Å². The highest BCUT2D eigenvalue weighted by atomic mass is 35.5. The molecule has 2 atom stereocenters. The molecule has 1 aromatic carbocycles. The number of aromatic nitrogens is 1. The summed E-state index contributed by atoms with van der Waals surface area (Å²) in [7, 11) is -4.12. The van der Waals surface area contributed by atoms with Crippen molar-refractivity contribution in [3.63, 3.8) is 0 Å². The summed E-state index contributed by atoms with van der Waals surface area (Å²) in [5.41, 5.74) is 2.12. The number of hydrogen-bond donors (Lipinski definition) is 1. The van der Waals surface area contributed by atoms with E-state index in [0.29, 0.717) is 17.5 Å². The lowest BCUT2D eigenvalue weighted by Crippen LogP contribution is -2.50. The summed E-state index contributed by atoms with van der Waals surface area (Å²) in [5.74, 6) is -2.78. The van der Waals surface area contributed by atoms with Gasteiger partial charge in [-0.2, -0.15) is 4.31 Å². The van der Waals surface area contributed by atoms with Crippen LogP contribution in [0.5, 0.6) is 0 Å². The molecule has 0 aliphatic carbocycles. The standard InChI is InChI=1S/C19H20ClFN2O4S/c1-10-4-5-14(21)17(11(10)2)12(3)18(19(24)25)23-7-6-13-8-16(20)22-9-15(13)28(23,26)27/h4-5,8-9,12,18H,6-7H2,1-3H3,(H,24,25). The zero-order valence-electron chi connectivity index (χ0n) is 15.6. The van der Waals surface area contributed by atoms with Gasteiger partial charge in [0.25, 0.3) is 0 Å². The van der Waals surface area contributed by atoms with Gasteiger partial charge < -0.3 is 5.11 Å². The zero-order valence-corrected chi connectivity index (χ0v) is 17.2. The fourth-order valence-corrected chi connectivity index (χ4v) is 5.77. The normalized spacial score (nSPS) is 18.3. The van der Waals surface area contributed by atoms with Crippen molar-refractivity contribution in [2.45, 2.75) is 44.0 Å². The summed E-state index contributed by atoms with van der Waals surface area (Å²) in [6.07, 6.45) is 1.43. The minimum Gasteiger partial charge on any atom is -0.480 e. The van der Waals surface area contributed by atoms with Gasteiger partial charge in [-0.1, -0.05) is 24.6 Å². The number of carboxylic acid groups (broad SMARTS) is 1. The van der Waals surface area contributed by atoms with E-state index in [4.69, 9.17) is 11.6 Å². The Balaban J connectivity index is 2.10. The third-order valence-corrected chi connectivity index (χ3v) is 7.49. The van der Waals surface area contributed by atoms with Crippen LogP contribution < -0.4 is 0 Å². The van der Waals surface area contributed by atoms with E-state index in [9.17, 15) is 22.7 Å². The summed E-state index contributed by atoms with van der Waals surface area (Å²) in [6, 6.07) is 2.90. The number of benzene rings is 1. The van der Waals surface area contributed by atoms with Crippen molar-refractivity contribution >= 4 is 27.6 Å². The third-order valence-electron chi connectivity index (χ3n) is 5.33. The second-order valence-electron chi connectivity index (χ2n) is 6.96. The quantitative estimate of drug-likeness (QED) is 0.758. The first-order chi connectivity index (χ1) is 13.1. The molecular formula is C19H20ClFN2O4S. The number of aliphatic carboxylic acids is 1. The maximum absolute atomic E-state index is 14.6. The summed E-state index contributed by atoms with van der Waals surface area (Å²) >= 11 is 5.84. The van der Waals surface area contributed by atoms with E-state index < -0.39 is 33.8 Å². The van der Waals surface area contributed by atoms with Crippen LogP contribution in [-0.4, -0.2) is 41.4 Å². The average Bonchev–Trinajstić information content (AvgIpc) is 2.60. The van der Waals surface area contributed by atoms with Crippen LogP contribution in [0, 0.1) is 19.7 Å². The molecule has 0 saturated carbocycles. The molecule has 0 saturated heterocycles. The molecule has 9 heteroatoms. The second-order valence-corrected chi connectivity index (χ2v) is 9.20. The van der Waals surface area contributed by atoms with Crippen molar-refractivity contribution < 1.29 is 22.7 Å². The number of rotatable bonds is 4. The summed E-state index contributed by atoms with van der Waals surface area (Å²) in [6.45, 7) is 5.00. The summed E-state index contributed by atoms with van der Waals surface area (Å²) < 4.78 is 41.7. The number of pyridine rings is 1. The fraction of sp³-hybridized carbons (Fsp3) is 0.368. The van der Waals surface area contributed by atoms with Crippen molar-refractivity contribution in [2.75, 3.05) is 6.54 Å². The molecule has 2 aromatic rings. The lowest BCUT2D eigenvalue weighted by atomic mass is 9.87. The molecule has 6 nitrogen and oxygen atoms in total. The van der Waals surface area contributed by atoms with Gasteiger partial charge in [0.2, 0.25) is 10.0 Å². The van der Waals surface area contributed by atoms with Crippen LogP contribution in [0.4, 0.5) is 4.39 Å². The first-order valence-electron chi connectivity index (χ1n) is 8.70. The number of halogens is 2. The van der Waals surface area contributed by atoms with Crippen molar-refractivity contribution in [1.82, 2.24) is 9.29 Å². The zero-order chi connectivity index (χ0) is 20.8. The number of carbonyl (C=O) groups is 1. The number of carboxylic acids is 1. The molecule has 0 bridgehead atoms. The first kappa shape index (κ1) is 20.7. The Labute approximate surface area is 168 Å². The topological polar surface area (TPSA) is 87.6 Å². The Morgan fingerprint density at radius 1 is 1.36 bits per heavy atom. The number of aryl methyl sites for hydroxylation is 1. The smallest absolute Gasteiger partial charge is 0.322 e. The molecule has 1 aromatic heterocycles. The fourth-order valence-electron chi connectivity index (χ4n) is 3.76. The molecule has 28 heavy (non-hydrogen) atoms. The third kappa shape index (κ3) is 3.40. The molecule has 1 aliphatic rings. The van der Waals surface area contributed by atoms with Crippen molar-refractivity contribution in [3.05, 3.63) is 57.6 Å². The van der Waals surface area contributed by atoms with E-state index >= 15 is 0 Å². The van der Waals surface area contributed by atoms with Crippen LogP contribution in [0.1, 0.15) is 35.1 Å². The number of fused-ring (bicyclic) bond motifs is 1. The molecule has 0 radical (unpaired) electrons. The van der Waals surface area contributed by atoms with Crippen LogP contribution in [0.2, 0.25) is 5.15 Å². The van der Waals surface area contributed by atoms with E-state index in [1.807, 2.05) is 0 Å². The Morgan fingerprint density at radius 2 is 2.04 bits per heavy atom. The van der Waals surface area contributed by atoms with Crippen LogP contribution in [0.15, 0.2) is 29.3 Å². The number of hydrogen-bond acceptors (Lipinski definition) is 4. The Morgan fingerprint density at radius 3 is 2.68 bits per heavy atom. The molecule has 150 valence electrons. The van der Waals surface area contributed by atoms with Gasteiger partial charge in [0.05, 0.1) is 0 Å². The van der Waals surface area contributed by atoms with Crippen LogP contribution in [-0.2, 0) is 21.2 Å². The second kappa shape index (κ2) is 7.42. The van der Waals surface area contributed by atoms with E-state index in [2.05, 4.69) is 4.98 Å². The summed E-state index contributed by atoms with van der Waals surface area (Å²) in [4.78, 5) is 15.9. The van der Waals surface area contributed by atoms with Gasteiger partial charge in [-0.05, 0) is 54.7 Å². The van der Waals surface area contributed by atoms with E-state index in [1.54, 1.807) is 19.9 Å². The van der Waals surface area contributed by atoms with E-state index in [1.165, 1.54) is 19.1 Å². The van der Waals surface area contributed by atoms with Crippen LogP contribution in [0.25, 0.3) is 0 Å². The molecule has 2 unspecified atom stereocenters. The first-order valence-corrected chi connectivity index (χ1v) is 10.5. The van der Waals surface area contributed by atoms with Crippen molar-refractivity contribution in [3.8, 4) is 0 Å². The molecule has 0 spiro atoms. The number of nitrogens with zero attached hydrogens (tertiary/aromatic N) is 2. The minimum atomic E-state index is -4.12.